The first kappa shape index (κ1) is 13.1. The van der Waals surface area contributed by atoms with Gasteiger partial charge in [-0.25, -0.2) is 4.98 Å². The first-order chi connectivity index (χ1) is 8.66. The van der Waals surface area contributed by atoms with Crippen molar-refractivity contribution in [1.82, 2.24) is 19.8 Å². The molecule has 0 saturated carbocycles. The van der Waals surface area contributed by atoms with Gasteiger partial charge in [0.2, 0.25) is 5.91 Å². The Kier molecular flexibility index (Phi) is 4.36. The molecule has 0 aromatic carbocycles. The molecular weight excluding hydrogens is 228 g/mol. The summed E-state index contributed by atoms with van der Waals surface area (Å²) in [6.45, 7) is 7.20. The predicted octanol–water partition coefficient (Wildman–Crippen LogP) is 1.00. The molecule has 1 aromatic heterocycles. The Morgan fingerprint density at radius 1 is 1.44 bits per heavy atom. The Hall–Kier alpha value is -1.36. The highest BCUT2D eigenvalue weighted by atomic mass is 16.2. The highest BCUT2D eigenvalue weighted by Crippen LogP contribution is 2.09. The number of likely N-dealkylation sites (tertiary alicyclic amines) is 1. The molecule has 1 aliphatic rings. The van der Waals surface area contributed by atoms with Gasteiger partial charge in [0.15, 0.2) is 0 Å². The fraction of sp³-hybridized carbons (Fsp3) is 0.692. The van der Waals surface area contributed by atoms with Gasteiger partial charge in [-0.05, 0) is 12.8 Å². The molecule has 5 nitrogen and oxygen atoms in total. The lowest BCUT2D eigenvalue weighted by Crippen LogP contribution is -2.32. The van der Waals surface area contributed by atoms with Gasteiger partial charge in [-0.3, -0.25) is 4.79 Å². The molecule has 1 amide bonds. The molecular formula is C13H22N4O. The molecule has 0 atom stereocenters. The third-order valence-electron chi connectivity index (χ3n) is 3.25. The minimum absolute atomic E-state index is 0.205. The number of imidazole rings is 1. The van der Waals surface area contributed by atoms with Crippen LogP contribution in [0.15, 0.2) is 12.5 Å². The lowest BCUT2D eigenvalue weighted by atomic mass is 10.3. The average molecular weight is 250 g/mol. The third kappa shape index (κ3) is 3.32. The second-order valence-corrected chi connectivity index (χ2v) is 5.14. The first-order valence-corrected chi connectivity index (χ1v) is 6.67. The van der Waals surface area contributed by atoms with Gasteiger partial charge >= 0.3 is 0 Å². The summed E-state index contributed by atoms with van der Waals surface area (Å²) in [5, 5.41) is 3.35. The minimum atomic E-state index is 0.205. The fourth-order valence-corrected chi connectivity index (χ4v) is 2.16. The Bertz CT molecular complexity index is 393. The van der Waals surface area contributed by atoms with Crippen LogP contribution < -0.4 is 5.32 Å². The molecule has 1 aromatic rings. The van der Waals surface area contributed by atoms with E-state index in [2.05, 4.69) is 24.1 Å². The first-order valence-electron chi connectivity index (χ1n) is 6.67. The summed E-state index contributed by atoms with van der Waals surface area (Å²) in [5.41, 5.74) is 1.07. The zero-order chi connectivity index (χ0) is 13.0. The van der Waals surface area contributed by atoms with Gasteiger partial charge in [-0.2, -0.15) is 0 Å². The van der Waals surface area contributed by atoms with Crippen LogP contribution in [-0.4, -0.2) is 39.5 Å². The van der Waals surface area contributed by atoms with Crippen molar-refractivity contribution in [3.63, 3.8) is 0 Å². The Morgan fingerprint density at radius 3 is 2.83 bits per heavy atom. The van der Waals surface area contributed by atoms with Gasteiger partial charge in [-0.15, -0.1) is 0 Å². The van der Waals surface area contributed by atoms with Crippen LogP contribution in [0.25, 0.3) is 0 Å². The summed E-state index contributed by atoms with van der Waals surface area (Å²) >= 11 is 0. The maximum atomic E-state index is 12.1. The van der Waals surface area contributed by atoms with Gasteiger partial charge in [0.1, 0.15) is 6.54 Å². The molecule has 2 heterocycles. The number of hydrogen-bond donors (Lipinski definition) is 1. The summed E-state index contributed by atoms with van der Waals surface area (Å²) in [6, 6.07) is 0.433. The summed E-state index contributed by atoms with van der Waals surface area (Å²) in [5.74, 6) is 0.205. The van der Waals surface area contributed by atoms with Crippen molar-refractivity contribution in [3.8, 4) is 0 Å². The van der Waals surface area contributed by atoms with Crippen molar-refractivity contribution in [2.24, 2.45) is 0 Å². The van der Waals surface area contributed by atoms with E-state index in [0.717, 1.165) is 38.2 Å². The molecule has 0 bridgehead atoms. The normalized spacial score (nSPS) is 15.6. The molecule has 1 fully saturated rings. The van der Waals surface area contributed by atoms with Crippen LogP contribution in [0.5, 0.6) is 0 Å². The second kappa shape index (κ2) is 6.00. The van der Waals surface area contributed by atoms with Crippen molar-refractivity contribution in [1.29, 1.82) is 0 Å². The molecule has 0 radical (unpaired) electrons. The van der Waals surface area contributed by atoms with E-state index in [0.29, 0.717) is 12.6 Å². The molecule has 0 aliphatic carbocycles. The molecule has 0 unspecified atom stereocenters. The standard InChI is InChI=1S/C13H22N4O/c1-11(2)15-8-12-7-14-10-17(12)9-13(18)16-5-3-4-6-16/h7,10-11,15H,3-6,8-9H2,1-2H3. The van der Waals surface area contributed by atoms with Gasteiger partial charge in [-0.1, -0.05) is 13.8 Å². The monoisotopic (exact) mass is 250 g/mol. The van der Waals surface area contributed by atoms with Crippen molar-refractivity contribution < 1.29 is 4.79 Å². The van der Waals surface area contributed by atoms with Crippen LogP contribution in [0.2, 0.25) is 0 Å². The second-order valence-electron chi connectivity index (χ2n) is 5.14. The highest BCUT2D eigenvalue weighted by molar-refractivity contribution is 5.76. The van der Waals surface area contributed by atoms with Crippen LogP contribution >= 0.6 is 0 Å². The SMILES string of the molecule is CC(C)NCc1cncn1CC(=O)N1CCCC1. The van der Waals surface area contributed by atoms with E-state index in [1.165, 1.54) is 0 Å². The number of hydrogen-bond acceptors (Lipinski definition) is 3. The van der Waals surface area contributed by atoms with Crippen molar-refractivity contribution >= 4 is 5.91 Å². The average Bonchev–Trinajstić information content (AvgIpc) is 2.97. The smallest absolute Gasteiger partial charge is 0.242 e. The summed E-state index contributed by atoms with van der Waals surface area (Å²) < 4.78 is 1.94. The largest absolute Gasteiger partial charge is 0.341 e. The zero-order valence-electron chi connectivity index (χ0n) is 11.2. The molecule has 1 saturated heterocycles. The molecule has 2 rings (SSSR count). The van der Waals surface area contributed by atoms with Gasteiger partial charge in [0, 0.05) is 31.9 Å². The van der Waals surface area contributed by atoms with Crippen LogP contribution in [-0.2, 0) is 17.9 Å². The Morgan fingerprint density at radius 2 is 2.17 bits per heavy atom. The Labute approximate surface area is 108 Å². The topological polar surface area (TPSA) is 50.2 Å². The Balaban J connectivity index is 1.92. The van der Waals surface area contributed by atoms with E-state index in [9.17, 15) is 4.79 Å². The number of carbonyl (C=O) groups excluding carboxylic acids is 1. The quantitative estimate of drug-likeness (QED) is 0.848. The molecule has 18 heavy (non-hydrogen) atoms. The summed E-state index contributed by atoms with van der Waals surface area (Å²) in [7, 11) is 0. The number of amides is 1. The summed E-state index contributed by atoms with van der Waals surface area (Å²) in [6.07, 6.45) is 5.84. The van der Waals surface area contributed by atoms with Crippen molar-refractivity contribution in [2.45, 2.75) is 45.8 Å². The molecule has 1 aliphatic heterocycles. The van der Waals surface area contributed by atoms with Gasteiger partial charge in [0.05, 0.1) is 12.0 Å². The number of nitrogens with one attached hydrogen (secondary N) is 1. The van der Waals surface area contributed by atoms with E-state index < -0.39 is 0 Å². The van der Waals surface area contributed by atoms with Gasteiger partial charge < -0.3 is 14.8 Å². The highest BCUT2D eigenvalue weighted by Gasteiger charge is 2.18. The number of rotatable bonds is 5. The van der Waals surface area contributed by atoms with Crippen LogP contribution in [0.3, 0.4) is 0 Å². The number of carbonyl (C=O) groups is 1. The molecule has 100 valence electrons. The van der Waals surface area contributed by atoms with E-state index in [4.69, 9.17) is 0 Å². The lowest BCUT2D eigenvalue weighted by Gasteiger charge is -2.17. The van der Waals surface area contributed by atoms with Crippen molar-refractivity contribution in [3.05, 3.63) is 18.2 Å². The maximum absolute atomic E-state index is 12.1. The predicted molar refractivity (Wildman–Crippen MR) is 70.0 cm³/mol. The van der Waals surface area contributed by atoms with Crippen LogP contribution in [0.1, 0.15) is 32.4 Å². The molecule has 0 spiro atoms. The molecule has 1 N–H and O–H groups in total. The number of aromatic nitrogens is 2. The molecule has 5 heteroatoms. The summed E-state index contributed by atoms with van der Waals surface area (Å²) in [4.78, 5) is 18.1. The zero-order valence-corrected chi connectivity index (χ0v) is 11.2. The van der Waals surface area contributed by atoms with Gasteiger partial charge in [0.25, 0.3) is 0 Å². The van der Waals surface area contributed by atoms with E-state index in [1.54, 1.807) is 6.33 Å². The van der Waals surface area contributed by atoms with E-state index in [1.807, 2.05) is 15.7 Å². The third-order valence-corrected chi connectivity index (χ3v) is 3.25. The van der Waals surface area contributed by atoms with E-state index >= 15 is 0 Å². The minimum Gasteiger partial charge on any atom is -0.341 e. The number of nitrogens with zero attached hydrogens (tertiary/aromatic N) is 3. The van der Waals surface area contributed by atoms with Crippen molar-refractivity contribution in [2.75, 3.05) is 13.1 Å². The van der Waals surface area contributed by atoms with Crippen LogP contribution in [0.4, 0.5) is 0 Å². The van der Waals surface area contributed by atoms with Crippen LogP contribution in [0, 0.1) is 0 Å². The fourth-order valence-electron chi connectivity index (χ4n) is 2.16. The van der Waals surface area contributed by atoms with E-state index in [-0.39, 0.29) is 5.91 Å². The maximum Gasteiger partial charge on any atom is 0.242 e. The lowest BCUT2D eigenvalue weighted by molar-refractivity contribution is -0.130.